The van der Waals surface area contributed by atoms with Gasteiger partial charge in [0.2, 0.25) is 0 Å². The topological polar surface area (TPSA) is 63.1 Å². The molecule has 0 aliphatic rings. The highest BCUT2D eigenvalue weighted by atomic mass is 32.1. The predicted octanol–water partition coefficient (Wildman–Crippen LogP) is 1.72. The fraction of sp³-hybridized carbons (Fsp3) is 0. The van der Waals surface area contributed by atoms with E-state index in [0.29, 0.717) is 16.9 Å². The molecule has 70 valence electrons. The molecule has 0 bridgehead atoms. The molecule has 0 unspecified atom stereocenters. The Labute approximate surface area is 84.0 Å². The van der Waals surface area contributed by atoms with Gasteiger partial charge >= 0.3 is 0 Å². The van der Waals surface area contributed by atoms with Crippen LogP contribution in [0.5, 0.6) is 5.75 Å². The van der Waals surface area contributed by atoms with Crippen LogP contribution in [0.3, 0.4) is 0 Å². The van der Waals surface area contributed by atoms with Crippen LogP contribution in [0.4, 0.5) is 0 Å². The van der Waals surface area contributed by atoms with Crippen molar-refractivity contribution in [3.63, 3.8) is 0 Å². The normalized spacial score (nSPS) is 10.0. The summed E-state index contributed by atoms with van der Waals surface area (Å²) in [4.78, 5) is 11.3. The SMILES string of the molecule is O=Cc1nnsc1-c1cccc(O)c1. The van der Waals surface area contributed by atoms with Crippen molar-refractivity contribution in [2.45, 2.75) is 0 Å². The lowest BCUT2D eigenvalue weighted by Crippen LogP contribution is -1.83. The van der Waals surface area contributed by atoms with Crippen LogP contribution in [0.1, 0.15) is 10.5 Å². The van der Waals surface area contributed by atoms with Gasteiger partial charge in [-0.25, -0.2) is 0 Å². The second-order valence-corrected chi connectivity index (χ2v) is 3.41. The number of carbonyl (C=O) groups excluding carboxylic acids is 1. The predicted molar refractivity (Wildman–Crippen MR) is 52.4 cm³/mol. The summed E-state index contributed by atoms with van der Waals surface area (Å²) >= 11 is 1.13. The van der Waals surface area contributed by atoms with Gasteiger partial charge in [-0.05, 0) is 29.2 Å². The molecule has 0 atom stereocenters. The number of nitrogens with zero attached hydrogens (tertiary/aromatic N) is 2. The summed E-state index contributed by atoms with van der Waals surface area (Å²) in [5, 5.41) is 12.9. The van der Waals surface area contributed by atoms with Gasteiger partial charge in [-0.15, -0.1) is 5.10 Å². The van der Waals surface area contributed by atoms with Crippen LogP contribution < -0.4 is 0 Å². The van der Waals surface area contributed by atoms with Gasteiger partial charge in [-0.3, -0.25) is 4.79 Å². The molecule has 1 aromatic carbocycles. The van der Waals surface area contributed by atoms with E-state index in [-0.39, 0.29) is 5.75 Å². The third kappa shape index (κ3) is 1.49. The number of aromatic nitrogens is 2. The molecule has 14 heavy (non-hydrogen) atoms. The van der Waals surface area contributed by atoms with Gasteiger partial charge in [0.25, 0.3) is 0 Å². The van der Waals surface area contributed by atoms with E-state index in [4.69, 9.17) is 0 Å². The van der Waals surface area contributed by atoms with Gasteiger partial charge in [0.15, 0.2) is 6.29 Å². The number of hydrogen-bond donors (Lipinski definition) is 1. The Kier molecular flexibility index (Phi) is 2.24. The maximum Gasteiger partial charge on any atom is 0.171 e. The third-order valence-electron chi connectivity index (χ3n) is 1.73. The molecule has 0 radical (unpaired) electrons. The molecule has 0 saturated carbocycles. The first-order valence-corrected chi connectivity index (χ1v) is 4.65. The maximum absolute atomic E-state index is 10.6. The Balaban J connectivity index is 2.54. The van der Waals surface area contributed by atoms with Crippen LogP contribution in [-0.4, -0.2) is 21.0 Å². The Morgan fingerprint density at radius 1 is 1.43 bits per heavy atom. The van der Waals surface area contributed by atoms with Crippen molar-refractivity contribution >= 4 is 17.8 Å². The first-order chi connectivity index (χ1) is 6.81. The van der Waals surface area contributed by atoms with E-state index >= 15 is 0 Å². The molecule has 5 heteroatoms. The van der Waals surface area contributed by atoms with E-state index in [1.54, 1.807) is 24.3 Å². The number of phenols is 1. The molecule has 2 aromatic rings. The van der Waals surface area contributed by atoms with E-state index in [1.807, 2.05) is 0 Å². The zero-order valence-corrected chi connectivity index (χ0v) is 7.86. The number of rotatable bonds is 2. The zero-order valence-electron chi connectivity index (χ0n) is 7.04. The van der Waals surface area contributed by atoms with Crippen molar-refractivity contribution in [1.82, 2.24) is 9.59 Å². The van der Waals surface area contributed by atoms with E-state index in [2.05, 4.69) is 9.59 Å². The summed E-state index contributed by atoms with van der Waals surface area (Å²) in [6.07, 6.45) is 0.656. The highest BCUT2D eigenvalue weighted by Crippen LogP contribution is 2.27. The summed E-state index contributed by atoms with van der Waals surface area (Å²) in [7, 11) is 0. The van der Waals surface area contributed by atoms with Crippen LogP contribution >= 0.6 is 11.5 Å². The first-order valence-electron chi connectivity index (χ1n) is 3.88. The Bertz CT molecular complexity index is 467. The van der Waals surface area contributed by atoms with Crippen LogP contribution in [0, 0.1) is 0 Å². The smallest absolute Gasteiger partial charge is 0.171 e. The molecule has 0 saturated heterocycles. The van der Waals surface area contributed by atoms with Crippen LogP contribution in [0.15, 0.2) is 24.3 Å². The minimum absolute atomic E-state index is 0.160. The second-order valence-electron chi connectivity index (χ2n) is 2.66. The zero-order chi connectivity index (χ0) is 9.97. The summed E-state index contributed by atoms with van der Waals surface area (Å²) in [5.41, 5.74) is 1.06. The van der Waals surface area contributed by atoms with E-state index in [9.17, 15) is 9.90 Å². The quantitative estimate of drug-likeness (QED) is 0.760. The molecule has 0 aliphatic heterocycles. The average molecular weight is 206 g/mol. The Hall–Kier alpha value is -1.75. The summed E-state index contributed by atoms with van der Waals surface area (Å²) in [5.74, 6) is 0.160. The van der Waals surface area contributed by atoms with Gasteiger partial charge in [-0.1, -0.05) is 16.6 Å². The van der Waals surface area contributed by atoms with Gasteiger partial charge in [0.1, 0.15) is 11.4 Å². The number of carbonyl (C=O) groups is 1. The molecule has 1 aromatic heterocycles. The van der Waals surface area contributed by atoms with Crippen LogP contribution in [0.25, 0.3) is 10.4 Å². The summed E-state index contributed by atoms with van der Waals surface area (Å²) in [6.45, 7) is 0. The van der Waals surface area contributed by atoms with Crippen molar-refractivity contribution in [3.05, 3.63) is 30.0 Å². The van der Waals surface area contributed by atoms with Gasteiger partial charge < -0.3 is 5.11 Å². The van der Waals surface area contributed by atoms with Gasteiger partial charge in [0.05, 0.1) is 4.88 Å². The van der Waals surface area contributed by atoms with Crippen molar-refractivity contribution in [2.75, 3.05) is 0 Å². The van der Waals surface area contributed by atoms with Crippen molar-refractivity contribution < 1.29 is 9.90 Å². The van der Waals surface area contributed by atoms with Crippen molar-refractivity contribution in [3.8, 4) is 16.2 Å². The summed E-state index contributed by atoms with van der Waals surface area (Å²) in [6, 6.07) is 6.64. The molecule has 0 amide bonds. The molecule has 1 N–H and O–H groups in total. The number of hydrogen-bond acceptors (Lipinski definition) is 5. The fourth-order valence-electron chi connectivity index (χ4n) is 1.12. The van der Waals surface area contributed by atoms with Crippen LogP contribution in [0.2, 0.25) is 0 Å². The molecular weight excluding hydrogens is 200 g/mol. The molecule has 0 fully saturated rings. The minimum atomic E-state index is 0.160. The molecule has 1 heterocycles. The van der Waals surface area contributed by atoms with Gasteiger partial charge in [0, 0.05) is 0 Å². The van der Waals surface area contributed by atoms with Crippen molar-refractivity contribution in [1.29, 1.82) is 0 Å². The standard InChI is InChI=1S/C9H6N2O2S/c12-5-8-9(14-11-10-8)6-2-1-3-7(13)4-6/h1-5,13H. The largest absolute Gasteiger partial charge is 0.508 e. The van der Waals surface area contributed by atoms with Crippen LogP contribution in [-0.2, 0) is 0 Å². The molecular formula is C9H6N2O2S. The van der Waals surface area contributed by atoms with Gasteiger partial charge in [-0.2, -0.15) is 0 Å². The molecule has 4 nitrogen and oxygen atoms in total. The highest BCUT2D eigenvalue weighted by Gasteiger charge is 2.09. The van der Waals surface area contributed by atoms with E-state index < -0.39 is 0 Å². The monoisotopic (exact) mass is 206 g/mol. The first kappa shape index (κ1) is 8.83. The average Bonchev–Trinajstić information content (AvgIpc) is 2.65. The highest BCUT2D eigenvalue weighted by molar-refractivity contribution is 7.09. The molecule has 0 aliphatic carbocycles. The number of aldehydes is 1. The number of aromatic hydroxyl groups is 1. The molecule has 2 rings (SSSR count). The Morgan fingerprint density at radius 3 is 3.00 bits per heavy atom. The lowest BCUT2D eigenvalue weighted by atomic mass is 10.1. The summed E-state index contributed by atoms with van der Waals surface area (Å²) < 4.78 is 3.68. The minimum Gasteiger partial charge on any atom is -0.508 e. The van der Waals surface area contributed by atoms with E-state index in [1.165, 1.54) is 0 Å². The van der Waals surface area contributed by atoms with E-state index in [0.717, 1.165) is 17.1 Å². The molecule has 0 spiro atoms. The van der Waals surface area contributed by atoms with Crippen molar-refractivity contribution in [2.24, 2.45) is 0 Å². The number of benzene rings is 1. The fourth-order valence-corrected chi connectivity index (χ4v) is 1.75. The maximum atomic E-state index is 10.6. The third-order valence-corrected chi connectivity index (χ3v) is 2.52. The second kappa shape index (κ2) is 3.55. The lowest BCUT2D eigenvalue weighted by molar-refractivity contribution is 0.111. The number of phenolic OH excluding ortho intramolecular Hbond substituents is 1. The lowest BCUT2D eigenvalue weighted by Gasteiger charge is -1.97. The Morgan fingerprint density at radius 2 is 2.29 bits per heavy atom.